The summed E-state index contributed by atoms with van der Waals surface area (Å²) < 4.78 is 8.89. The molecule has 0 amide bonds. The predicted molar refractivity (Wildman–Crippen MR) is 85.0 cm³/mol. The third kappa shape index (κ3) is 1.93. The van der Waals surface area contributed by atoms with Crippen molar-refractivity contribution in [1.82, 2.24) is 4.57 Å². The van der Waals surface area contributed by atoms with E-state index in [1.807, 2.05) is 13.1 Å². The lowest BCUT2D eigenvalue weighted by molar-refractivity contribution is 0.0606. The van der Waals surface area contributed by atoms with E-state index in [-0.39, 0.29) is 5.97 Å². The molecule has 0 bridgehead atoms. The molecule has 0 saturated carbocycles. The van der Waals surface area contributed by atoms with Gasteiger partial charge in [-0.15, -0.1) is 11.3 Å². The fourth-order valence-electron chi connectivity index (χ4n) is 2.16. The standard InChI is InChI=1S/C13H9Br2NO2S/c1-16-10-5-9(15)8(14)3-6(10)7-4-11(13(17)18-2)19-12(7)16/h3-5H,1-2H3. The molecule has 0 N–H and O–H groups in total. The lowest BCUT2D eigenvalue weighted by Crippen LogP contribution is -1.97. The van der Waals surface area contributed by atoms with E-state index in [2.05, 4.69) is 48.6 Å². The third-order valence-corrected chi connectivity index (χ3v) is 6.13. The van der Waals surface area contributed by atoms with E-state index in [0.717, 1.165) is 30.1 Å². The number of fused-ring (bicyclic) bond motifs is 3. The highest BCUT2D eigenvalue weighted by atomic mass is 79.9. The Morgan fingerprint density at radius 2 is 1.89 bits per heavy atom. The molecule has 3 rings (SSSR count). The minimum atomic E-state index is -0.287. The van der Waals surface area contributed by atoms with Gasteiger partial charge in [-0.2, -0.15) is 0 Å². The van der Waals surface area contributed by atoms with Gasteiger partial charge in [0.2, 0.25) is 0 Å². The molecule has 0 atom stereocenters. The number of aromatic nitrogens is 1. The van der Waals surface area contributed by atoms with Crippen molar-refractivity contribution >= 4 is 70.3 Å². The largest absolute Gasteiger partial charge is 0.465 e. The van der Waals surface area contributed by atoms with Gasteiger partial charge in [0.15, 0.2) is 0 Å². The highest BCUT2D eigenvalue weighted by Gasteiger charge is 2.17. The molecule has 6 heteroatoms. The maximum atomic E-state index is 11.6. The van der Waals surface area contributed by atoms with Crippen molar-refractivity contribution in [2.45, 2.75) is 0 Å². The molecule has 19 heavy (non-hydrogen) atoms. The van der Waals surface area contributed by atoms with Crippen molar-refractivity contribution in [3.05, 3.63) is 32.0 Å². The van der Waals surface area contributed by atoms with Crippen LogP contribution in [0.1, 0.15) is 9.67 Å². The normalized spacial score (nSPS) is 11.4. The van der Waals surface area contributed by atoms with Gasteiger partial charge in [0.25, 0.3) is 0 Å². The van der Waals surface area contributed by atoms with Crippen LogP contribution in [0.15, 0.2) is 27.1 Å². The molecule has 0 radical (unpaired) electrons. The molecule has 2 heterocycles. The van der Waals surface area contributed by atoms with Crippen LogP contribution in [0.2, 0.25) is 0 Å². The number of hydrogen-bond donors (Lipinski definition) is 0. The van der Waals surface area contributed by atoms with Gasteiger partial charge < -0.3 is 9.30 Å². The van der Waals surface area contributed by atoms with Crippen molar-refractivity contribution in [3.8, 4) is 0 Å². The second-order valence-corrected chi connectivity index (χ2v) is 6.90. The summed E-state index contributed by atoms with van der Waals surface area (Å²) in [7, 11) is 3.40. The Bertz CT molecular complexity index is 819. The third-order valence-electron chi connectivity index (χ3n) is 3.09. The summed E-state index contributed by atoms with van der Waals surface area (Å²) >= 11 is 8.48. The average Bonchev–Trinajstić information content (AvgIpc) is 2.92. The Labute approximate surface area is 130 Å². The number of benzene rings is 1. The molecular weight excluding hydrogens is 394 g/mol. The molecule has 3 nitrogen and oxygen atoms in total. The van der Waals surface area contributed by atoms with Crippen molar-refractivity contribution in [1.29, 1.82) is 0 Å². The maximum absolute atomic E-state index is 11.6. The van der Waals surface area contributed by atoms with Gasteiger partial charge in [0.1, 0.15) is 9.71 Å². The minimum absolute atomic E-state index is 0.287. The highest BCUT2D eigenvalue weighted by Crippen LogP contribution is 2.38. The summed E-state index contributed by atoms with van der Waals surface area (Å²) in [5.41, 5.74) is 1.13. The molecule has 3 aromatic rings. The van der Waals surface area contributed by atoms with E-state index >= 15 is 0 Å². The number of aryl methyl sites for hydroxylation is 1. The quantitative estimate of drug-likeness (QED) is 0.552. The first-order valence-electron chi connectivity index (χ1n) is 5.48. The summed E-state index contributed by atoms with van der Waals surface area (Å²) in [5, 5.41) is 2.20. The smallest absolute Gasteiger partial charge is 0.348 e. The summed E-state index contributed by atoms with van der Waals surface area (Å²) in [4.78, 5) is 13.3. The number of halogens is 2. The van der Waals surface area contributed by atoms with Crippen LogP contribution in [-0.4, -0.2) is 17.6 Å². The van der Waals surface area contributed by atoms with E-state index in [1.54, 1.807) is 0 Å². The summed E-state index contributed by atoms with van der Waals surface area (Å²) in [6.07, 6.45) is 0. The molecule has 0 aliphatic rings. The average molecular weight is 403 g/mol. The van der Waals surface area contributed by atoms with Gasteiger partial charge in [0.05, 0.1) is 12.6 Å². The predicted octanol–water partition coefficient (Wildman–Crippen LogP) is 4.70. The molecule has 1 aromatic carbocycles. The fraction of sp³-hybridized carbons (Fsp3) is 0.154. The Morgan fingerprint density at radius 1 is 1.21 bits per heavy atom. The number of esters is 1. The number of carbonyl (C=O) groups is 1. The fourth-order valence-corrected chi connectivity index (χ4v) is 3.90. The first-order chi connectivity index (χ1) is 9.02. The molecule has 0 spiro atoms. The van der Waals surface area contributed by atoms with Gasteiger partial charge in [-0.1, -0.05) is 0 Å². The second kappa shape index (κ2) is 4.61. The number of carbonyl (C=O) groups excluding carboxylic acids is 1. The topological polar surface area (TPSA) is 31.2 Å². The highest BCUT2D eigenvalue weighted by molar-refractivity contribution is 9.13. The van der Waals surface area contributed by atoms with E-state index in [1.165, 1.54) is 18.4 Å². The number of methoxy groups -OCH3 is 1. The molecule has 0 aliphatic heterocycles. The Morgan fingerprint density at radius 3 is 2.58 bits per heavy atom. The first kappa shape index (κ1) is 13.1. The van der Waals surface area contributed by atoms with Crippen molar-refractivity contribution in [2.75, 3.05) is 7.11 Å². The molecule has 0 aliphatic carbocycles. The monoisotopic (exact) mass is 401 g/mol. The zero-order valence-corrected chi connectivity index (χ0v) is 14.1. The SMILES string of the molecule is COC(=O)c1cc2c3cc(Br)c(Br)cc3n(C)c2s1. The van der Waals surface area contributed by atoms with Gasteiger partial charge in [-0.05, 0) is 50.1 Å². The minimum Gasteiger partial charge on any atom is -0.465 e. The van der Waals surface area contributed by atoms with E-state index in [4.69, 9.17) is 4.74 Å². The van der Waals surface area contributed by atoms with E-state index < -0.39 is 0 Å². The van der Waals surface area contributed by atoms with Gasteiger partial charge in [-0.25, -0.2) is 4.79 Å². The zero-order valence-electron chi connectivity index (χ0n) is 10.2. The molecule has 0 unspecified atom stereocenters. The van der Waals surface area contributed by atoms with Crippen LogP contribution in [0.5, 0.6) is 0 Å². The van der Waals surface area contributed by atoms with Crippen LogP contribution in [0.4, 0.5) is 0 Å². The van der Waals surface area contributed by atoms with Crippen LogP contribution in [0.3, 0.4) is 0 Å². The van der Waals surface area contributed by atoms with E-state index in [0.29, 0.717) is 4.88 Å². The lowest BCUT2D eigenvalue weighted by atomic mass is 10.2. The lowest BCUT2D eigenvalue weighted by Gasteiger charge is -2.00. The zero-order chi connectivity index (χ0) is 13.7. The molecule has 2 aromatic heterocycles. The van der Waals surface area contributed by atoms with Gasteiger partial charge >= 0.3 is 5.97 Å². The number of rotatable bonds is 1. The summed E-state index contributed by atoms with van der Waals surface area (Å²) in [5.74, 6) is -0.287. The van der Waals surface area contributed by atoms with Gasteiger partial charge in [-0.3, -0.25) is 0 Å². The second-order valence-electron chi connectivity index (χ2n) is 4.16. The van der Waals surface area contributed by atoms with Crippen molar-refractivity contribution < 1.29 is 9.53 Å². The maximum Gasteiger partial charge on any atom is 0.348 e. The Hall–Kier alpha value is -0.850. The van der Waals surface area contributed by atoms with Crippen molar-refractivity contribution in [2.24, 2.45) is 7.05 Å². The number of ether oxygens (including phenoxy) is 1. The Kier molecular flexibility index (Phi) is 3.19. The molecule has 0 saturated heterocycles. The summed E-state index contributed by atoms with van der Waals surface area (Å²) in [6.45, 7) is 0. The Balaban J connectivity index is 2.38. The number of thiophene rings is 1. The van der Waals surface area contributed by atoms with Gasteiger partial charge in [0, 0.05) is 26.8 Å². The van der Waals surface area contributed by atoms with Crippen LogP contribution in [0, 0.1) is 0 Å². The van der Waals surface area contributed by atoms with Crippen LogP contribution in [-0.2, 0) is 11.8 Å². The first-order valence-corrected chi connectivity index (χ1v) is 7.88. The molecule has 0 fully saturated rings. The molecular formula is C13H9Br2NO2S. The molecule has 98 valence electrons. The van der Waals surface area contributed by atoms with Crippen molar-refractivity contribution in [3.63, 3.8) is 0 Å². The summed E-state index contributed by atoms with van der Waals surface area (Å²) in [6, 6.07) is 6.04. The van der Waals surface area contributed by atoms with Crippen LogP contribution < -0.4 is 0 Å². The van der Waals surface area contributed by atoms with E-state index in [9.17, 15) is 4.79 Å². The number of nitrogens with zero attached hydrogens (tertiary/aromatic N) is 1. The van der Waals surface area contributed by atoms with Crippen LogP contribution >= 0.6 is 43.2 Å². The number of hydrogen-bond acceptors (Lipinski definition) is 3. The van der Waals surface area contributed by atoms with Crippen LogP contribution in [0.25, 0.3) is 21.1 Å².